The predicted molar refractivity (Wildman–Crippen MR) is 54.9 cm³/mol. The lowest BCUT2D eigenvalue weighted by Gasteiger charge is -2.03. The fourth-order valence-corrected chi connectivity index (χ4v) is 0.981. The number of nitrogens with one attached hydrogen (secondary N) is 1. The molecule has 0 aromatic carbocycles. The first-order valence-corrected chi connectivity index (χ1v) is 4.93. The fourth-order valence-electron chi connectivity index (χ4n) is 0.981. The van der Waals surface area contributed by atoms with Crippen LogP contribution in [0, 0.1) is 0 Å². The zero-order chi connectivity index (χ0) is 10.8. The van der Waals surface area contributed by atoms with E-state index >= 15 is 0 Å². The highest BCUT2D eigenvalue weighted by molar-refractivity contribution is 5.82. The molecule has 1 aliphatic rings. The van der Waals surface area contributed by atoms with Crippen LogP contribution < -0.4 is 5.32 Å². The van der Waals surface area contributed by atoms with Gasteiger partial charge in [0.25, 0.3) is 0 Å². The van der Waals surface area contributed by atoms with Gasteiger partial charge in [0.1, 0.15) is 0 Å². The van der Waals surface area contributed by atoms with Gasteiger partial charge >= 0.3 is 5.97 Å². The van der Waals surface area contributed by atoms with E-state index in [0.29, 0.717) is 13.2 Å². The minimum atomic E-state index is -0.320. The van der Waals surface area contributed by atoms with Gasteiger partial charge in [-0.15, -0.1) is 0 Å². The van der Waals surface area contributed by atoms with Crippen LogP contribution in [0.4, 0.5) is 0 Å². The van der Waals surface area contributed by atoms with Gasteiger partial charge in [0, 0.05) is 24.7 Å². The molecule has 1 aliphatic heterocycles. The fraction of sp³-hybridized carbons (Fsp3) is 0.700. The Hall–Kier alpha value is -1.03. The maximum Gasteiger partial charge on any atom is 0.332 e. The van der Waals surface area contributed by atoms with Gasteiger partial charge < -0.3 is 14.8 Å². The molecule has 0 atom stereocenters. The second-order valence-corrected chi connectivity index (χ2v) is 2.48. The molecule has 0 spiro atoms. The number of methoxy groups -OCH3 is 1. The number of carbonyl (C=O) groups is 1. The van der Waals surface area contributed by atoms with E-state index in [-0.39, 0.29) is 5.97 Å². The maximum atomic E-state index is 10.8. The van der Waals surface area contributed by atoms with Crippen molar-refractivity contribution in [1.29, 1.82) is 0 Å². The van der Waals surface area contributed by atoms with E-state index in [1.54, 1.807) is 0 Å². The summed E-state index contributed by atoms with van der Waals surface area (Å²) in [5.74, 6) is -0.320. The summed E-state index contributed by atoms with van der Waals surface area (Å²) < 4.78 is 9.68. The number of hydrogen-bond donors (Lipinski definition) is 1. The summed E-state index contributed by atoms with van der Waals surface area (Å²) >= 11 is 0. The number of ether oxygens (including phenoxy) is 2. The van der Waals surface area contributed by atoms with Gasteiger partial charge in [-0.25, -0.2) is 4.79 Å². The van der Waals surface area contributed by atoms with Gasteiger partial charge in [-0.2, -0.15) is 0 Å². The monoisotopic (exact) mass is 201 g/mol. The summed E-state index contributed by atoms with van der Waals surface area (Å²) in [4.78, 5) is 10.8. The van der Waals surface area contributed by atoms with E-state index in [1.165, 1.54) is 13.2 Å². The molecule has 0 unspecified atom stereocenters. The molecule has 0 bridgehead atoms. The normalized spacial score (nSPS) is 18.6. The lowest BCUT2D eigenvalue weighted by atomic mass is 10.3. The molecule has 1 rings (SSSR count). The third-order valence-corrected chi connectivity index (χ3v) is 1.61. The van der Waals surface area contributed by atoms with E-state index in [1.807, 2.05) is 13.8 Å². The van der Waals surface area contributed by atoms with Crippen molar-refractivity contribution < 1.29 is 14.3 Å². The summed E-state index contributed by atoms with van der Waals surface area (Å²) in [5, 5.41) is 3.08. The molecular weight excluding hydrogens is 182 g/mol. The molecule has 1 N–H and O–H groups in total. The average molecular weight is 201 g/mol. The second-order valence-electron chi connectivity index (χ2n) is 2.48. The van der Waals surface area contributed by atoms with E-state index in [0.717, 1.165) is 18.7 Å². The van der Waals surface area contributed by atoms with Gasteiger partial charge in [-0.1, -0.05) is 13.8 Å². The summed E-state index contributed by atoms with van der Waals surface area (Å²) in [6.45, 7) is 6.11. The number of carbonyl (C=O) groups excluding carboxylic acids is 1. The van der Waals surface area contributed by atoms with Crippen LogP contribution in [-0.4, -0.2) is 32.8 Å². The Morgan fingerprint density at radius 2 is 2.21 bits per heavy atom. The molecule has 14 heavy (non-hydrogen) atoms. The smallest absolute Gasteiger partial charge is 0.332 e. The maximum absolute atomic E-state index is 10.8. The third kappa shape index (κ3) is 5.59. The van der Waals surface area contributed by atoms with Crippen LogP contribution in [0.3, 0.4) is 0 Å². The molecule has 1 fully saturated rings. The second kappa shape index (κ2) is 8.56. The predicted octanol–water partition coefficient (Wildman–Crippen LogP) is 1.08. The molecule has 0 amide bonds. The van der Waals surface area contributed by atoms with Crippen LogP contribution in [0.5, 0.6) is 0 Å². The molecule has 0 aromatic heterocycles. The Morgan fingerprint density at radius 1 is 1.50 bits per heavy atom. The van der Waals surface area contributed by atoms with Crippen LogP contribution in [0.25, 0.3) is 0 Å². The van der Waals surface area contributed by atoms with Crippen LogP contribution >= 0.6 is 0 Å². The minimum absolute atomic E-state index is 0.320. The standard InChI is InChI=1S/C8H13NO3.C2H6/c1-11-8(10)6-7-2-4-12-5-3-9-7;1-2/h6,9H,2-5H2,1H3;1-2H3/b7-6-;. The van der Waals surface area contributed by atoms with Crippen LogP contribution in [0.1, 0.15) is 20.3 Å². The highest BCUT2D eigenvalue weighted by Crippen LogP contribution is 2.01. The van der Waals surface area contributed by atoms with Gasteiger partial charge in [-0.05, 0) is 0 Å². The molecule has 4 nitrogen and oxygen atoms in total. The first-order chi connectivity index (χ1) is 6.83. The van der Waals surface area contributed by atoms with Crippen molar-refractivity contribution in [2.75, 3.05) is 26.9 Å². The molecule has 1 saturated heterocycles. The van der Waals surface area contributed by atoms with Gasteiger partial charge in [-0.3, -0.25) is 0 Å². The van der Waals surface area contributed by atoms with Crippen LogP contribution in [0.2, 0.25) is 0 Å². The SMILES string of the molecule is CC.COC(=O)/C=C1/CCOCCN1. The van der Waals surface area contributed by atoms with Crippen molar-refractivity contribution in [1.82, 2.24) is 5.32 Å². The van der Waals surface area contributed by atoms with Crippen molar-refractivity contribution in [3.63, 3.8) is 0 Å². The topological polar surface area (TPSA) is 47.6 Å². The molecule has 4 heteroatoms. The molecule has 0 aliphatic carbocycles. The molecule has 82 valence electrons. The van der Waals surface area contributed by atoms with E-state index < -0.39 is 0 Å². The Bertz CT molecular complexity index is 180. The largest absolute Gasteiger partial charge is 0.466 e. The summed E-state index contributed by atoms with van der Waals surface area (Å²) in [6, 6.07) is 0. The van der Waals surface area contributed by atoms with Crippen molar-refractivity contribution in [2.45, 2.75) is 20.3 Å². The number of esters is 1. The van der Waals surface area contributed by atoms with Gasteiger partial charge in [0.05, 0.1) is 20.3 Å². The Morgan fingerprint density at radius 3 is 2.86 bits per heavy atom. The third-order valence-electron chi connectivity index (χ3n) is 1.61. The summed E-state index contributed by atoms with van der Waals surface area (Å²) in [7, 11) is 1.37. The quantitative estimate of drug-likeness (QED) is 0.509. The van der Waals surface area contributed by atoms with Crippen LogP contribution in [-0.2, 0) is 14.3 Å². The molecular formula is C10H19NO3. The molecule has 0 radical (unpaired) electrons. The lowest BCUT2D eigenvalue weighted by molar-refractivity contribution is -0.134. The number of rotatable bonds is 1. The first kappa shape index (κ1) is 13.0. The molecule has 0 saturated carbocycles. The first-order valence-electron chi connectivity index (χ1n) is 4.93. The highest BCUT2D eigenvalue weighted by Gasteiger charge is 2.04. The van der Waals surface area contributed by atoms with Crippen LogP contribution in [0.15, 0.2) is 11.8 Å². The Balaban J connectivity index is 0.000000791. The van der Waals surface area contributed by atoms with E-state index in [9.17, 15) is 4.79 Å². The van der Waals surface area contributed by atoms with Gasteiger partial charge in [0.2, 0.25) is 0 Å². The minimum Gasteiger partial charge on any atom is -0.466 e. The lowest BCUT2D eigenvalue weighted by Crippen LogP contribution is -2.16. The van der Waals surface area contributed by atoms with Crippen molar-refractivity contribution in [2.24, 2.45) is 0 Å². The van der Waals surface area contributed by atoms with E-state index in [2.05, 4.69) is 10.1 Å². The molecule has 0 aromatic rings. The average Bonchev–Trinajstić information content (AvgIpc) is 2.49. The van der Waals surface area contributed by atoms with Crippen molar-refractivity contribution >= 4 is 5.97 Å². The zero-order valence-electron chi connectivity index (χ0n) is 9.13. The number of hydrogen-bond acceptors (Lipinski definition) is 4. The molecule has 1 heterocycles. The summed E-state index contributed by atoms with van der Waals surface area (Å²) in [6.07, 6.45) is 2.21. The van der Waals surface area contributed by atoms with E-state index in [4.69, 9.17) is 4.74 Å². The van der Waals surface area contributed by atoms with Crippen molar-refractivity contribution in [3.8, 4) is 0 Å². The van der Waals surface area contributed by atoms with Crippen molar-refractivity contribution in [3.05, 3.63) is 11.8 Å². The van der Waals surface area contributed by atoms with Gasteiger partial charge in [0.15, 0.2) is 0 Å². The summed E-state index contributed by atoms with van der Waals surface area (Å²) in [5.41, 5.74) is 0.888. The Kier molecular flexibility index (Phi) is 7.93. The highest BCUT2D eigenvalue weighted by atomic mass is 16.5. The Labute approximate surface area is 85.3 Å². The zero-order valence-corrected chi connectivity index (χ0v) is 9.13.